The highest BCUT2D eigenvalue weighted by molar-refractivity contribution is 6.31. The van der Waals surface area contributed by atoms with Crippen LogP contribution >= 0.6 is 11.6 Å². The molecule has 37 heavy (non-hydrogen) atoms. The molecule has 1 aromatic heterocycles. The SMILES string of the molecule is Cc1cc(OC[C@]2(CC(=O)N(C)Cc3ccccc3)CCCN(Cc3c(C)nn(C)c3C)C2)ccc1Cl. The largest absolute Gasteiger partial charge is 0.493 e. The molecule has 0 aliphatic carbocycles. The molecule has 4 rings (SSSR count). The van der Waals surface area contributed by atoms with Crippen LogP contribution < -0.4 is 4.74 Å². The number of rotatable bonds is 9. The minimum Gasteiger partial charge on any atom is -0.493 e. The van der Waals surface area contributed by atoms with E-state index in [1.165, 1.54) is 11.3 Å². The van der Waals surface area contributed by atoms with E-state index in [0.717, 1.165) is 60.1 Å². The van der Waals surface area contributed by atoms with E-state index in [1.54, 1.807) is 0 Å². The Morgan fingerprint density at radius 1 is 1.16 bits per heavy atom. The number of benzene rings is 2. The van der Waals surface area contributed by atoms with Gasteiger partial charge in [0.1, 0.15) is 5.75 Å². The van der Waals surface area contributed by atoms with Gasteiger partial charge in [-0.3, -0.25) is 14.4 Å². The number of piperidine rings is 1. The first-order chi connectivity index (χ1) is 17.7. The fraction of sp³-hybridized carbons (Fsp3) is 0.467. The lowest BCUT2D eigenvalue weighted by molar-refractivity contribution is -0.135. The minimum atomic E-state index is -0.280. The molecule has 1 atom stereocenters. The molecule has 7 heteroatoms. The van der Waals surface area contributed by atoms with Gasteiger partial charge in [-0.15, -0.1) is 0 Å². The molecule has 1 saturated heterocycles. The molecule has 0 radical (unpaired) electrons. The van der Waals surface area contributed by atoms with Crippen molar-refractivity contribution >= 4 is 17.5 Å². The molecule has 0 N–H and O–H groups in total. The predicted molar refractivity (Wildman–Crippen MR) is 149 cm³/mol. The maximum atomic E-state index is 13.5. The number of hydrogen-bond donors (Lipinski definition) is 0. The lowest BCUT2D eigenvalue weighted by Crippen LogP contribution is -2.48. The summed E-state index contributed by atoms with van der Waals surface area (Å²) in [6.07, 6.45) is 2.42. The molecule has 0 bridgehead atoms. The van der Waals surface area contributed by atoms with Crippen molar-refractivity contribution in [3.8, 4) is 5.75 Å². The topological polar surface area (TPSA) is 50.6 Å². The van der Waals surface area contributed by atoms with Crippen molar-refractivity contribution in [3.63, 3.8) is 0 Å². The van der Waals surface area contributed by atoms with Gasteiger partial charge >= 0.3 is 0 Å². The molecular weight excluding hydrogens is 484 g/mol. The first-order valence-electron chi connectivity index (χ1n) is 13.0. The molecule has 2 aromatic carbocycles. The molecule has 0 unspecified atom stereocenters. The third kappa shape index (κ3) is 6.74. The number of nitrogens with zero attached hydrogens (tertiary/aromatic N) is 4. The molecule has 1 aliphatic heterocycles. The highest BCUT2D eigenvalue weighted by atomic mass is 35.5. The van der Waals surface area contributed by atoms with Crippen LogP contribution in [0.2, 0.25) is 5.02 Å². The van der Waals surface area contributed by atoms with Crippen LogP contribution in [0.15, 0.2) is 48.5 Å². The van der Waals surface area contributed by atoms with Gasteiger partial charge in [0, 0.05) is 61.8 Å². The summed E-state index contributed by atoms with van der Waals surface area (Å²) in [5.41, 5.74) is 5.38. The summed E-state index contributed by atoms with van der Waals surface area (Å²) in [4.78, 5) is 17.8. The molecule has 1 aliphatic rings. The van der Waals surface area contributed by atoms with Gasteiger partial charge < -0.3 is 9.64 Å². The molecule has 2 heterocycles. The van der Waals surface area contributed by atoms with Crippen molar-refractivity contribution in [1.82, 2.24) is 19.6 Å². The zero-order valence-electron chi connectivity index (χ0n) is 22.8. The Labute approximate surface area is 226 Å². The number of amides is 1. The smallest absolute Gasteiger partial charge is 0.223 e. The van der Waals surface area contributed by atoms with Crippen LogP contribution in [0.1, 0.15) is 47.3 Å². The number of carbonyl (C=O) groups excluding carboxylic acids is 1. The van der Waals surface area contributed by atoms with Crippen LogP contribution in [0.5, 0.6) is 5.75 Å². The van der Waals surface area contributed by atoms with Crippen LogP contribution in [0.25, 0.3) is 0 Å². The number of halogens is 1. The van der Waals surface area contributed by atoms with Gasteiger partial charge in [0.25, 0.3) is 0 Å². The van der Waals surface area contributed by atoms with Crippen LogP contribution in [0.4, 0.5) is 0 Å². The van der Waals surface area contributed by atoms with E-state index >= 15 is 0 Å². The first kappa shape index (κ1) is 27.2. The van der Waals surface area contributed by atoms with Crippen molar-refractivity contribution in [2.24, 2.45) is 12.5 Å². The average Bonchev–Trinajstić information content (AvgIpc) is 3.11. The summed E-state index contributed by atoms with van der Waals surface area (Å²) in [5, 5.41) is 5.34. The van der Waals surface area contributed by atoms with Crippen LogP contribution in [0, 0.1) is 26.2 Å². The highest BCUT2D eigenvalue weighted by Gasteiger charge is 2.39. The minimum absolute atomic E-state index is 0.148. The monoisotopic (exact) mass is 522 g/mol. The number of ether oxygens (including phenoxy) is 1. The summed E-state index contributed by atoms with van der Waals surface area (Å²) in [5.74, 6) is 0.942. The average molecular weight is 523 g/mol. The van der Waals surface area contributed by atoms with Gasteiger partial charge in [0.2, 0.25) is 5.91 Å². The lowest BCUT2D eigenvalue weighted by Gasteiger charge is -2.43. The molecule has 1 amide bonds. The van der Waals surface area contributed by atoms with Crippen LogP contribution in [-0.2, 0) is 24.9 Å². The van der Waals surface area contributed by atoms with E-state index in [0.29, 0.717) is 19.6 Å². The Morgan fingerprint density at radius 3 is 2.59 bits per heavy atom. The van der Waals surface area contributed by atoms with E-state index in [1.807, 2.05) is 67.0 Å². The Kier molecular flexibility index (Phi) is 8.60. The standard InChI is InChI=1S/C30H39ClN4O2/c1-22-16-26(12-13-28(22)31)37-21-30(17-29(36)33(4)18-25-10-7-6-8-11-25)14-9-15-35(20-30)19-27-23(2)32-34(5)24(27)3/h6-8,10-13,16H,9,14-15,17-21H2,1-5H3/t30-/m0/s1. The van der Waals surface area contributed by atoms with Crippen LogP contribution in [0.3, 0.4) is 0 Å². The molecule has 3 aromatic rings. The molecule has 0 saturated carbocycles. The van der Waals surface area contributed by atoms with E-state index in [4.69, 9.17) is 16.3 Å². The van der Waals surface area contributed by atoms with Crippen LogP contribution in [-0.4, -0.2) is 52.2 Å². The van der Waals surface area contributed by atoms with Gasteiger partial charge in [0.05, 0.1) is 12.3 Å². The van der Waals surface area contributed by atoms with Crippen molar-refractivity contribution in [3.05, 3.63) is 81.6 Å². The fourth-order valence-corrected chi connectivity index (χ4v) is 5.49. The quantitative estimate of drug-likeness (QED) is 0.361. The van der Waals surface area contributed by atoms with Crippen molar-refractivity contribution in [2.75, 3.05) is 26.7 Å². The van der Waals surface area contributed by atoms with Gasteiger partial charge in [-0.25, -0.2) is 0 Å². The van der Waals surface area contributed by atoms with Crippen molar-refractivity contribution in [1.29, 1.82) is 0 Å². The summed E-state index contributed by atoms with van der Waals surface area (Å²) in [6.45, 7) is 9.91. The second kappa shape index (κ2) is 11.7. The normalized spacial score (nSPS) is 18.1. The summed E-state index contributed by atoms with van der Waals surface area (Å²) in [6, 6.07) is 15.9. The number of likely N-dealkylation sites (tertiary alicyclic amines) is 1. The zero-order valence-corrected chi connectivity index (χ0v) is 23.5. The summed E-state index contributed by atoms with van der Waals surface area (Å²) < 4.78 is 8.32. The first-order valence-corrected chi connectivity index (χ1v) is 13.4. The maximum absolute atomic E-state index is 13.5. The highest BCUT2D eigenvalue weighted by Crippen LogP contribution is 2.36. The molecule has 0 spiro atoms. The lowest BCUT2D eigenvalue weighted by atomic mass is 9.77. The zero-order chi connectivity index (χ0) is 26.6. The second-order valence-corrected chi connectivity index (χ2v) is 11.1. The number of aryl methyl sites for hydroxylation is 3. The molecular formula is C30H39ClN4O2. The van der Waals surface area contributed by atoms with Crippen molar-refractivity contribution in [2.45, 2.75) is 53.1 Å². The fourth-order valence-electron chi connectivity index (χ4n) is 5.37. The Balaban J connectivity index is 1.53. The summed E-state index contributed by atoms with van der Waals surface area (Å²) in [7, 11) is 3.89. The Bertz CT molecular complexity index is 1230. The summed E-state index contributed by atoms with van der Waals surface area (Å²) >= 11 is 6.23. The van der Waals surface area contributed by atoms with Gasteiger partial charge in [0.15, 0.2) is 0 Å². The Hall–Kier alpha value is -2.83. The third-order valence-electron chi connectivity index (χ3n) is 7.67. The van der Waals surface area contributed by atoms with Gasteiger partial charge in [-0.1, -0.05) is 41.9 Å². The van der Waals surface area contributed by atoms with Gasteiger partial charge in [-0.2, -0.15) is 5.10 Å². The number of carbonyl (C=O) groups is 1. The van der Waals surface area contributed by atoms with Crippen molar-refractivity contribution < 1.29 is 9.53 Å². The van der Waals surface area contributed by atoms with E-state index < -0.39 is 0 Å². The molecule has 1 fully saturated rings. The second-order valence-electron chi connectivity index (χ2n) is 10.7. The van der Waals surface area contributed by atoms with Gasteiger partial charge in [-0.05, 0) is 69.5 Å². The van der Waals surface area contributed by atoms with E-state index in [-0.39, 0.29) is 11.3 Å². The number of aromatic nitrogens is 2. The maximum Gasteiger partial charge on any atom is 0.223 e. The van der Waals surface area contributed by atoms with E-state index in [2.05, 4.69) is 36.0 Å². The third-order valence-corrected chi connectivity index (χ3v) is 8.09. The number of hydrogen-bond acceptors (Lipinski definition) is 4. The molecule has 6 nitrogen and oxygen atoms in total. The van der Waals surface area contributed by atoms with E-state index in [9.17, 15) is 4.79 Å². The molecule has 198 valence electrons. The predicted octanol–water partition coefficient (Wildman–Crippen LogP) is 5.71. The Morgan fingerprint density at radius 2 is 1.92 bits per heavy atom.